The van der Waals surface area contributed by atoms with Crippen LogP contribution in [-0.2, 0) is 0 Å². The maximum atomic E-state index is 11.1. The third kappa shape index (κ3) is 2.87. The van der Waals surface area contributed by atoms with Crippen molar-refractivity contribution in [1.82, 2.24) is 9.97 Å². The minimum Gasteiger partial charge on any atom is -0.431 e. The van der Waals surface area contributed by atoms with Crippen LogP contribution in [0.5, 0.6) is 11.6 Å². The number of nitro groups is 1. The standard InChI is InChI=1S/C13H11N5O3/c1-7-12(15)16-8(2)17-13(7)21-11-4-3-9(6-14)5-10(11)18(19)20/h3-5H,1-2H3,(H2,15,16,17). The molecule has 0 fully saturated rings. The Morgan fingerprint density at radius 2 is 2.10 bits per heavy atom. The average molecular weight is 285 g/mol. The molecular formula is C13H11N5O3. The second-order valence-corrected chi connectivity index (χ2v) is 4.24. The van der Waals surface area contributed by atoms with Crippen LogP contribution in [0.25, 0.3) is 0 Å². The Balaban J connectivity index is 2.50. The van der Waals surface area contributed by atoms with E-state index in [4.69, 9.17) is 15.7 Å². The molecule has 0 aliphatic rings. The highest BCUT2D eigenvalue weighted by Crippen LogP contribution is 2.33. The van der Waals surface area contributed by atoms with Crippen LogP contribution < -0.4 is 10.5 Å². The lowest BCUT2D eigenvalue weighted by Crippen LogP contribution is -2.03. The van der Waals surface area contributed by atoms with Gasteiger partial charge in [-0.3, -0.25) is 10.1 Å². The van der Waals surface area contributed by atoms with Crippen LogP contribution in [-0.4, -0.2) is 14.9 Å². The highest BCUT2D eigenvalue weighted by Gasteiger charge is 2.19. The second-order valence-electron chi connectivity index (χ2n) is 4.24. The fourth-order valence-corrected chi connectivity index (χ4v) is 1.64. The summed E-state index contributed by atoms with van der Waals surface area (Å²) < 4.78 is 5.48. The third-order valence-electron chi connectivity index (χ3n) is 2.74. The molecule has 2 N–H and O–H groups in total. The monoisotopic (exact) mass is 285 g/mol. The molecule has 8 nitrogen and oxygen atoms in total. The number of hydrogen-bond donors (Lipinski definition) is 1. The maximum absolute atomic E-state index is 11.1. The lowest BCUT2D eigenvalue weighted by atomic mass is 10.2. The van der Waals surface area contributed by atoms with E-state index >= 15 is 0 Å². The smallest absolute Gasteiger partial charge is 0.312 e. The van der Waals surface area contributed by atoms with Crippen LogP contribution in [0.15, 0.2) is 18.2 Å². The number of nitrogen functional groups attached to an aromatic ring is 1. The van der Waals surface area contributed by atoms with E-state index in [0.717, 1.165) is 6.07 Å². The maximum Gasteiger partial charge on any atom is 0.312 e. The van der Waals surface area contributed by atoms with Gasteiger partial charge in [0.1, 0.15) is 11.6 Å². The summed E-state index contributed by atoms with van der Waals surface area (Å²) in [5.74, 6) is 0.769. The number of rotatable bonds is 3. The van der Waals surface area contributed by atoms with Crippen molar-refractivity contribution < 1.29 is 9.66 Å². The Morgan fingerprint density at radius 3 is 2.71 bits per heavy atom. The highest BCUT2D eigenvalue weighted by atomic mass is 16.6. The van der Waals surface area contributed by atoms with E-state index < -0.39 is 4.92 Å². The predicted octanol–water partition coefficient (Wildman–Crippen LogP) is 2.25. The summed E-state index contributed by atoms with van der Waals surface area (Å²) in [6.45, 7) is 3.29. The molecular weight excluding hydrogens is 274 g/mol. The Bertz CT molecular complexity index is 767. The summed E-state index contributed by atoms with van der Waals surface area (Å²) in [5, 5.41) is 19.8. The fraction of sp³-hybridized carbons (Fsp3) is 0.154. The van der Waals surface area contributed by atoms with E-state index in [1.807, 2.05) is 6.07 Å². The first-order valence-corrected chi connectivity index (χ1v) is 5.89. The van der Waals surface area contributed by atoms with Crippen LogP contribution in [0.2, 0.25) is 0 Å². The Labute approximate surface area is 120 Å². The molecule has 0 atom stereocenters. The number of nitriles is 1. The molecule has 0 bridgehead atoms. The van der Waals surface area contributed by atoms with E-state index in [9.17, 15) is 10.1 Å². The molecule has 0 saturated heterocycles. The zero-order valence-corrected chi connectivity index (χ0v) is 11.3. The fourth-order valence-electron chi connectivity index (χ4n) is 1.64. The Kier molecular flexibility index (Phi) is 3.67. The summed E-state index contributed by atoms with van der Waals surface area (Å²) in [6, 6.07) is 5.75. The van der Waals surface area contributed by atoms with Gasteiger partial charge in [-0.2, -0.15) is 10.2 Å². The molecule has 1 aromatic heterocycles. The molecule has 0 aliphatic heterocycles. The molecule has 1 heterocycles. The molecule has 0 unspecified atom stereocenters. The van der Waals surface area contributed by atoms with Crippen LogP contribution in [0.3, 0.4) is 0 Å². The van der Waals surface area contributed by atoms with Gasteiger partial charge in [0.05, 0.1) is 22.1 Å². The first-order chi connectivity index (χ1) is 9.92. The SMILES string of the molecule is Cc1nc(N)c(C)c(Oc2ccc(C#N)cc2[N+](=O)[O-])n1. The molecule has 2 aromatic rings. The molecule has 0 radical (unpaired) electrons. The lowest BCUT2D eigenvalue weighted by molar-refractivity contribution is -0.385. The summed E-state index contributed by atoms with van der Waals surface area (Å²) >= 11 is 0. The summed E-state index contributed by atoms with van der Waals surface area (Å²) in [5.41, 5.74) is 6.05. The van der Waals surface area contributed by atoms with Crippen molar-refractivity contribution >= 4 is 11.5 Å². The Morgan fingerprint density at radius 1 is 1.38 bits per heavy atom. The van der Waals surface area contributed by atoms with E-state index in [1.54, 1.807) is 13.8 Å². The Hall–Kier alpha value is -3.21. The van der Waals surface area contributed by atoms with Gasteiger partial charge >= 0.3 is 5.69 Å². The van der Waals surface area contributed by atoms with Crippen LogP contribution in [0, 0.1) is 35.3 Å². The first kappa shape index (κ1) is 14.2. The topological polar surface area (TPSA) is 128 Å². The first-order valence-electron chi connectivity index (χ1n) is 5.89. The van der Waals surface area contributed by atoms with Gasteiger partial charge in [0, 0.05) is 6.07 Å². The normalized spacial score (nSPS) is 9.95. The molecule has 1 aromatic carbocycles. The van der Waals surface area contributed by atoms with Crippen molar-refractivity contribution in [2.24, 2.45) is 0 Å². The summed E-state index contributed by atoms with van der Waals surface area (Å²) in [7, 11) is 0. The van der Waals surface area contributed by atoms with Crippen LogP contribution in [0.4, 0.5) is 11.5 Å². The molecule has 106 valence electrons. The minimum atomic E-state index is -0.622. The van der Waals surface area contributed by atoms with E-state index in [1.165, 1.54) is 12.1 Å². The van der Waals surface area contributed by atoms with Gasteiger partial charge in [-0.05, 0) is 26.0 Å². The number of hydrogen-bond acceptors (Lipinski definition) is 7. The van der Waals surface area contributed by atoms with Crippen molar-refractivity contribution in [3.05, 3.63) is 45.3 Å². The van der Waals surface area contributed by atoms with Gasteiger partial charge in [-0.15, -0.1) is 0 Å². The molecule has 0 saturated carbocycles. The van der Waals surface area contributed by atoms with Crippen molar-refractivity contribution in [2.45, 2.75) is 13.8 Å². The minimum absolute atomic E-state index is 0.0143. The van der Waals surface area contributed by atoms with Gasteiger partial charge in [0.2, 0.25) is 11.6 Å². The van der Waals surface area contributed by atoms with Crippen molar-refractivity contribution in [3.63, 3.8) is 0 Å². The number of nitro benzene ring substituents is 1. The van der Waals surface area contributed by atoms with Gasteiger partial charge in [0.25, 0.3) is 0 Å². The lowest BCUT2D eigenvalue weighted by Gasteiger charge is -2.10. The number of benzene rings is 1. The van der Waals surface area contributed by atoms with Crippen molar-refractivity contribution in [1.29, 1.82) is 5.26 Å². The number of aryl methyl sites for hydroxylation is 1. The van der Waals surface area contributed by atoms with E-state index in [-0.39, 0.29) is 28.7 Å². The number of ether oxygens (including phenoxy) is 1. The van der Waals surface area contributed by atoms with Crippen LogP contribution in [0.1, 0.15) is 17.0 Å². The molecule has 0 spiro atoms. The molecule has 21 heavy (non-hydrogen) atoms. The van der Waals surface area contributed by atoms with E-state index in [0.29, 0.717) is 11.4 Å². The second kappa shape index (κ2) is 5.42. The van der Waals surface area contributed by atoms with Gasteiger partial charge in [0.15, 0.2) is 0 Å². The van der Waals surface area contributed by atoms with Gasteiger partial charge < -0.3 is 10.5 Å². The van der Waals surface area contributed by atoms with Crippen LogP contribution >= 0.6 is 0 Å². The quantitative estimate of drug-likeness (QED) is 0.676. The largest absolute Gasteiger partial charge is 0.431 e. The number of anilines is 1. The zero-order chi connectivity index (χ0) is 15.6. The average Bonchev–Trinajstić information content (AvgIpc) is 2.44. The zero-order valence-electron chi connectivity index (χ0n) is 11.3. The van der Waals surface area contributed by atoms with E-state index in [2.05, 4.69) is 9.97 Å². The van der Waals surface area contributed by atoms with Crippen molar-refractivity contribution in [3.8, 4) is 17.7 Å². The van der Waals surface area contributed by atoms with Crippen molar-refractivity contribution in [2.75, 3.05) is 5.73 Å². The number of aromatic nitrogens is 2. The summed E-state index contributed by atoms with van der Waals surface area (Å²) in [4.78, 5) is 18.5. The molecule has 0 aliphatic carbocycles. The third-order valence-corrected chi connectivity index (χ3v) is 2.74. The molecule has 0 amide bonds. The summed E-state index contributed by atoms with van der Waals surface area (Å²) in [6.07, 6.45) is 0. The number of nitrogens with two attached hydrogens (primary N) is 1. The predicted molar refractivity (Wildman–Crippen MR) is 73.8 cm³/mol. The molecule has 8 heteroatoms. The number of nitrogens with zero attached hydrogens (tertiary/aromatic N) is 4. The van der Waals surface area contributed by atoms with Gasteiger partial charge in [-0.25, -0.2) is 4.98 Å². The van der Waals surface area contributed by atoms with Gasteiger partial charge in [-0.1, -0.05) is 0 Å². The highest BCUT2D eigenvalue weighted by molar-refractivity contribution is 5.54. The molecule has 2 rings (SSSR count).